The van der Waals surface area contributed by atoms with Gasteiger partial charge in [0.15, 0.2) is 5.82 Å². The number of nitrogens with two attached hydrogens (primary N) is 1. The molecule has 1 amide bonds. The smallest absolute Gasteiger partial charge is 0.239 e. The highest BCUT2D eigenvalue weighted by molar-refractivity contribution is 5.86. The van der Waals surface area contributed by atoms with E-state index in [0.717, 1.165) is 19.3 Å². The van der Waals surface area contributed by atoms with Crippen LogP contribution in [-0.4, -0.2) is 58.7 Å². The number of unbranched alkanes of at least 4 members (excludes halogenated alkanes) is 1. The van der Waals surface area contributed by atoms with Crippen molar-refractivity contribution in [2.75, 3.05) is 37.4 Å². The van der Waals surface area contributed by atoms with Crippen LogP contribution in [0.1, 0.15) is 33.1 Å². The Hall–Kier alpha value is -2.52. The van der Waals surface area contributed by atoms with Gasteiger partial charge in [-0.1, -0.05) is 19.8 Å². The van der Waals surface area contributed by atoms with E-state index in [-0.39, 0.29) is 17.9 Å². The molecule has 0 radical (unpaired) electrons. The number of ether oxygens (including phenoxy) is 1. The number of nitrogens with one attached hydrogen (secondary N) is 3. The van der Waals surface area contributed by atoms with Gasteiger partial charge in [0, 0.05) is 19.3 Å². The van der Waals surface area contributed by atoms with E-state index in [2.05, 4.69) is 44.7 Å². The van der Waals surface area contributed by atoms with Gasteiger partial charge in [-0.05, 0) is 25.5 Å². The summed E-state index contributed by atoms with van der Waals surface area (Å²) in [4.78, 5) is 25.5. The Morgan fingerprint density at radius 3 is 3.07 bits per heavy atom. The van der Waals surface area contributed by atoms with Crippen molar-refractivity contribution >= 4 is 28.7 Å². The zero-order chi connectivity index (χ0) is 20.0. The normalized spacial score (nSPS) is 19.1. The highest BCUT2D eigenvalue weighted by atomic mass is 16.5. The van der Waals surface area contributed by atoms with Crippen LogP contribution in [0.25, 0.3) is 11.0 Å². The first kappa shape index (κ1) is 20.2. The van der Waals surface area contributed by atoms with Gasteiger partial charge < -0.3 is 26.4 Å². The molecule has 2 unspecified atom stereocenters. The lowest BCUT2D eigenvalue weighted by Crippen LogP contribution is -2.55. The number of pyridine rings is 1. The fraction of sp³-hybridized carbons (Fsp3) is 0.579. The molecule has 3 heterocycles. The summed E-state index contributed by atoms with van der Waals surface area (Å²) in [5.41, 5.74) is 6.81. The molecule has 2 aromatic heterocycles. The Balaban J connectivity index is 1.76. The molecule has 1 saturated heterocycles. The predicted molar refractivity (Wildman–Crippen MR) is 109 cm³/mol. The molecule has 152 valence electrons. The fourth-order valence-corrected chi connectivity index (χ4v) is 3.26. The second-order valence-electron chi connectivity index (χ2n) is 7.39. The molecule has 2 atom stereocenters. The van der Waals surface area contributed by atoms with Crippen LogP contribution < -0.4 is 21.7 Å². The van der Waals surface area contributed by atoms with Crippen molar-refractivity contribution in [1.29, 1.82) is 0 Å². The number of aromatic nitrogens is 3. The van der Waals surface area contributed by atoms with E-state index in [4.69, 9.17) is 10.5 Å². The average Bonchev–Trinajstić information content (AvgIpc) is 2.71. The predicted octanol–water partition coefficient (Wildman–Crippen LogP) is 1.07. The Kier molecular flexibility index (Phi) is 6.58. The highest BCUT2D eigenvalue weighted by Gasteiger charge is 2.28. The maximum Gasteiger partial charge on any atom is 0.239 e. The quantitative estimate of drug-likeness (QED) is 0.530. The van der Waals surface area contributed by atoms with Crippen molar-refractivity contribution in [3.8, 4) is 0 Å². The van der Waals surface area contributed by atoms with Crippen molar-refractivity contribution in [3.63, 3.8) is 0 Å². The Morgan fingerprint density at radius 2 is 2.32 bits per heavy atom. The number of nitrogen functional groups attached to an aromatic ring is 1. The monoisotopic (exact) mass is 387 g/mol. The van der Waals surface area contributed by atoms with Gasteiger partial charge in [-0.25, -0.2) is 4.98 Å². The first-order chi connectivity index (χ1) is 13.5. The van der Waals surface area contributed by atoms with Crippen LogP contribution in [0.15, 0.2) is 18.3 Å². The van der Waals surface area contributed by atoms with Gasteiger partial charge in [0.25, 0.3) is 0 Å². The molecule has 0 aromatic carbocycles. The van der Waals surface area contributed by atoms with Crippen molar-refractivity contribution in [2.24, 2.45) is 0 Å². The molecule has 9 heteroatoms. The summed E-state index contributed by atoms with van der Waals surface area (Å²) in [5.74, 6) is 0.706. The number of nitrogens with zero attached hydrogens (tertiary/aromatic N) is 3. The van der Waals surface area contributed by atoms with Crippen LogP contribution in [0.5, 0.6) is 0 Å². The molecule has 0 bridgehead atoms. The molecule has 0 aliphatic carbocycles. The van der Waals surface area contributed by atoms with E-state index in [9.17, 15) is 4.79 Å². The number of morpholine rings is 1. The zero-order valence-corrected chi connectivity index (χ0v) is 16.5. The topological polar surface area (TPSA) is 127 Å². The maximum atomic E-state index is 12.5. The summed E-state index contributed by atoms with van der Waals surface area (Å²) in [6, 6.07) is 3.35. The third kappa shape index (κ3) is 5.05. The number of anilines is 2. The summed E-state index contributed by atoms with van der Waals surface area (Å²) in [5, 5.41) is 9.69. The highest BCUT2D eigenvalue weighted by Crippen LogP contribution is 2.25. The third-order valence-electron chi connectivity index (χ3n) is 4.87. The molecule has 1 aliphatic heterocycles. The van der Waals surface area contributed by atoms with E-state index in [1.54, 1.807) is 6.20 Å². The number of amides is 1. The number of fused-ring (bicyclic) bond motifs is 1. The van der Waals surface area contributed by atoms with E-state index in [0.29, 0.717) is 43.2 Å². The van der Waals surface area contributed by atoms with E-state index in [1.807, 2.05) is 12.1 Å². The molecule has 3 rings (SSSR count). The molecule has 2 aromatic rings. The molecule has 0 spiro atoms. The van der Waals surface area contributed by atoms with Crippen LogP contribution in [0.2, 0.25) is 0 Å². The SMILES string of the molecule is CCCCC(C)(CNC(=O)C1COCCN1)Nc1nc(N)nc2cccnc12. The summed E-state index contributed by atoms with van der Waals surface area (Å²) >= 11 is 0. The van der Waals surface area contributed by atoms with E-state index < -0.39 is 5.54 Å². The molecule has 0 saturated carbocycles. The number of hydrogen-bond acceptors (Lipinski definition) is 8. The van der Waals surface area contributed by atoms with E-state index >= 15 is 0 Å². The van der Waals surface area contributed by atoms with Gasteiger partial charge in [0.05, 0.1) is 24.3 Å². The van der Waals surface area contributed by atoms with Crippen LogP contribution in [0, 0.1) is 0 Å². The van der Waals surface area contributed by atoms with Gasteiger partial charge in [-0.15, -0.1) is 0 Å². The minimum atomic E-state index is -0.410. The molecule has 9 nitrogen and oxygen atoms in total. The first-order valence-corrected chi connectivity index (χ1v) is 9.76. The Bertz CT molecular complexity index is 810. The van der Waals surface area contributed by atoms with Crippen molar-refractivity contribution < 1.29 is 9.53 Å². The average molecular weight is 387 g/mol. The van der Waals surface area contributed by atoms with Crippen molar-refractivity contribution in [3.05, 3.63) is 18.3 Å². The van der Waals surface area contributed by atoms with Gasteiger partial charge in [-0.3, -0.25) is 9.78 Å². The van der Waals surface area contributed by atoms with Crippen LogP contribution in [0.4, 0.5) is 11.8 Å². The zero-order valence-electron chi connectivity index (χ0n) is 16.5. The lowest BCUT2D eigenvalue weighted by atomic mass is 9.94. The summed E-state index contributed by atoms with van der Waals surface area (Å²) < 4.78 is 5.38. The van der Waals surface area contributed by atoms with Crippen LogP contribution in [-0.2, 0) is 9.53 Å². The number of hydrogen-bond donors (Lipinski definition) is 4. The second kappa shape index (κ2) is 9.11. The first-order valence-electron chi connectivity index (χ1n) is 9.76. The minimum Gasteiger partial charge on any atom is -0.378 e. The largest absolute Gasteiger partial charge is 0.378 e. The molecule has 5 N–H and O–H groups in total. The minimum absolute atomic E-state index is 0.0607. The van der Waals surface area contributed by atoms with Gasteiger partial charge in [-0.2, -0.15) is 4.98 Å². The van der Waals surface area contributed by atoms with Crippen molar-refractivity contribution in [2.45, 2.75) is 44.7 Å². The summed E-state index contributed by atoms with van der Waals surface area (Å²) in [6.45, 7) is 6.36. The standard InChI is InChI=1S/C19H29N7O2/c1-3-4-7-19(2,12-23-17(27)14-11-28-10-9-21-14)26-16-15-13(6-5-8-22-15)24-18(20)25-16/h5-6,8,14,21H,3-4,7,9-12H2,1-2H3,(H,23,27)(H3,20,24,25,26). The van der Waals surface area contributed by atoms with Crippen LogP contribution >= 0.6 is 0 Å². The molecule has 28 heavy (non-hydrogen) atoms. The lowest BCUT2D eigenvalue weighted by molar-refractivity contribution is -0.126. The molecular formula is C19H29N7O2. The number of carbonyl (C=O) groups excluding carboxylic acids is 1. The maximum absolute atomic E-state index is 12.5. The number of carbonyl (C=O) groups is 1. The van der Waals surface area contributed by atoms with Gasteiger partial charge in [0.1, 0.15) is 11.6 Å². The lowest BCUT2D eigenvalue weighted by Gasteiger charge is -2.33. The Morgan fingerprint density at radius 1 is 1.46 bits per heavy atom. The Labute approximate surface area is 164 Å². The molecule has 1 aliphatic rings. The number of rotatable bonds is 8. The van der Waals surface area contributed by atoms with Gasteiger partial charge in [0.2, 0.25) is 11.9 Å². The van der Waals surface area contributed by atoms with Gasteiger partial charge >= 0.3 is 0 Å². The van der Waals surface area contributed by atoms with Crippen molar-refractivity contribution in [1.82, 2.24) is 25.6 Å². The summed E-state index contributed by atoms with van der Waals surface area (Å²) in [7, 11) is 0. The fourth-order valence-electron chi connectivity index (χ4n) is 3.26. The molecule has 1 fully saturated rings. The molecular weight excluding hydrogens is 358 g/mol. The van der Waals surface area contributed by atoms with E-state index in [1.165, 1.54) is 0 Å². The third-order valence-corrected chi connectivity index (χ3v) is 4.87. The van der Waals surface area contributed by atoms with Crippen LogP contribution in [0.3, 0.4) is 0 Å². The second-order valence-corrected chi connectivity index (χ2v) is 7.39. The summed E-state index contributed by atoms with van der Waals surface area (Å²) in [6.07, 6.45) is 4.62.